The first-order chi connectivity index (χ1) is 13.4. The van der Waals surface area contributed by atoms with Crippen LogP contribution in [0.4, 0.5) is 0 Å². The topological polar surface area (TPSA) is 89.5 Å². The van der Waals surface area contributed by atoms with Crippen LogP contribution in [0.5, 0.6) is 0 Å². The second-order valence-corrected chi connectivity index (χ2v) is 7.88. The number of carbonyl (C=O) groups excluding carboxylic acids is 3. The van der Waals surface area contributed by atoms with Crippen LogP contribution in [0.2, 0.25) is 0 Å². The molecule has 0 bridgehead atoms. The van der Waals surface area contributed by atoms with Crippen LogP contribution in [0.25, 0.3) is 6.08 Å². The number of carbonyl (C=O) groups is 3. The third-order valence-electron chi connectivity index (χ3n) is 3.87. The van der Waals surface area contributed by atoms with Gasteiger partial charge in [0.25, 0.3) is 5.91 Å². The summed E-state index contributed by atoms with van der Waals surface area (Å²) in [7, 11) is 0. The van der Waals surface area contributed by atoms with Crippen LogP contribution in [0, 0.1) is 0 Å². The molecule has 1 saturated heterocycles. The fourth-order valence-electron chi connectivity index (χ4n) is 2.52. The average molecular weight is 418 g/mol. The molecule has 1 aromatic carbocycles. The number of hydrogen-bond donors (Lipinski definition) is 1. The first-order valence-electron chi connectivity index (χ1n) is 8.82. The summed E-state index contributed by atoms with van der Waals surface area (Å²) in [4.78, 5) is 36.7. The Morgan fingerprint density at radius 2 is 1.96 bits per heavy atom. The fourth-order valence-corrected chi connectivity index (χ4v) is 3.87. The minimum Gasteiger partial charge on any atom is -0.550 e. The summed E-state index contributed by atoms with van der Waals surface area (Å²) in [5, 5.41) is 13.0. The zero-order chi connectivity index (χ0) is 20.5. The largest absolute Gasteiger partial charge is 0.550 e. The normalized spacial score (nSPS) is 16.0. The van der Waals surface area contributed by atoms with E-state index in [-0.39, 0.29) is 37.7 Å². The zero-order valence-corrected chi connectivity index (χ0v) is 17.1. The van der Waals surface area contributed by atoms with E-state index in [9.17, 15) is 19.5 Å². The second kappa shape index (κ2) is 10.8. The number of carboxylic acid groups (broad SMARTS) is 1. The molecular weight excluding hydrogens is 396 g/mol. The molecule has 28 heavy (non-hydrogen) atoms. The molecule has 1 aliphatic heterocycles. The molecule has 0 atom stereocenters. The van der Waals surface area contributed by atoms with Gasteiger partial charge in [0, 0.05) is 25.5 Å². The molecule has 6 nitrogen and oxygen atoms in total. The highest BCUT2D eigenvalue weighted by molar-refractivity contribution is 8.26. The number of thioether (sulfide) groups is 1. The predicted octanol–water partition coefficient (Wildman–Crippen LogP) is 1.87. The lowest BCUT2D eigenvalue weighted by Crippen LogP contribution is -2.34. The summed E-state index contributed by atoms with van der Waals surface area (Å²) in [6, 6.07) is 9.80. The van der Waals surface area contributed by atoms with Crippen molar-refractivity contribution in [2.24, 2.45) is 0 Å². The zero-order valence-electron chi connectivity index (χ0n) is 15.5. The van der Waals surface area contributed by atoms with Crippen LogP contribution in [0.3, 0.4) is 0 Å². The van der Waals surface area contributed by atoms with Crippen molar-refractivity contribution in [3.05, 3.63) is 52.4 Å². The van der Waals surface area contributed by atoms with Crippen LogP contribution in [0.1, 0.15) is 31.7 Å². The maximum atomic E-state index is 12.6. The summed E-state index contributed by atoms with van der Waals surface area (Å²) in [6.07, 6.45) is 4.09. The monoisotopic (exact) mass is 417 g/mol. The number of benzene rings is 1. The number of hydrogen-bond acceptors (Lipinski definition) is 6. The minimum absolute atomic E-state index is 0.101. The molecule has 1 aliphatic rings. The van der Waals surface area contributed by atoms with Crippen molar-refractivity contribution in [3.63, 3.8) is 0 Å². The summed E-state index contributed by atoms with van der Waals surface area (Å²) in [6.45, 7) is 2.37. The van der Waals surface area contributed by atoms with Gasteiger partial charge in [0.2, 0.25) is 5.91 Å². The molecule has 1 heterocycles. The average Bonchev–Trinajstić information content (AvgIpc) is 2.90. The first-order valence-corrected chi connectivity index (χ1v) is 10.0. The summed E-state index contributed by atoms with van der Waals surface area (Å²) in [5.74, 6) is -1.60. The summed E-state index contributed by atoms with van der Waals surface area (Å²) < 4.78 is 0.425. The number of thiocarbonyl (C=S) groups is 1. The molecule has 2 rings (SSSR count). The van der Waals surface area contributed by atoms with Crippen LogP contribution in [0.15, 0.2) is 46.9 Å². The molecule has 0 aromatic heterocycles. The standard InChI is InChI=1S/C20H22N2O4S2/c1-14(12-15-6-3-2-4-7-15)13-16-19(26)22(20(27)28-16)11-9-17(23)21-10-5-8-18(24)25/h2-4,6-7,12-13H,5,8-11H2,1H3,(H,21,23)(H,24,25)/p-1/b14-12+,16-13+. The number of nitrogens with zero attached hydrogens (tertiary/aromatic N) is 1. The Labute approximate surface area is 173 Å². The highest BCUT2D eigenvalue weighted by Gasteiger charge is 2.31. The Morgan fingerprint density at radius 1 is 1.25 bits per heavy atom. The van der Waals surface area contributed by atoms with Crippen molar-refractivity contribution >= 4 is 52.2 Å². The van der Waals surface area contributed by atoms with E-state index in [0.717, 1.165) is 11.1 Å². The lowest BCUT2D eigenvalue weighted by molar-refractivity contribution is -0.305. The molecule has 8 heteroatoms. The Hall–Kier alpha value is -2.45. The van der Waals surface area contributed by atoms with Gasteiger partial charge in [0.15, 0.2) is 0 Å². The van der Waals surface area contributed by atoms with Crippen LogP contribution in [-0.4, -0.2) is 40.1 Å². The first kappa shape index (κ1) is 21.8. The molecule has 1 aromatic rings. The highest BCUT2D eigenvalue weighted by atomic mass is 32.2. The molecule has 148 valence electrons. The second-order valence-electron chi connectivity index (χ2n) is 6.21. The lowest BCUT2D eigenvalue weighted by atomic mass is 10.1. The van der Waals surface area contributed by atoms with E-state index in [0.29, 0.717) is 15.6 Å². The number of aliphatic carboxylic acids is 1. The molecular formula is C20H21N2O4S2-. The van der Waals surface area contributed by atoms with Gasteiger partial charge in [-0.2, -0.15) is 0 Å². The minimum atomic E-state index is -1.14. The molecule has 0 spiro atoms. The van der Waals surface area contributed by atoms with Gasteiger partial charge in [-0.3, -0.25) is 14.5 Å². The molecule has 0 radical (unpaired) electrons. The van der Waals surface area contributed by atoms with Crippen molar-refractivity contribution in [2.45, 2.75) is 26.2 Å². The number of nitrogens with one attached hydrogen (secondary N) is 1. The third kappa shape index (κ3) is 6.94. The van der Waals surface area contributed by atoms with Gasteiger partial charge in [-0.1, -0.05) is 60.4 Å². The van der Waals surface area contributed by atoms with Crippen molar-refractivity contribution in [3.8, 4) is 0 Å². The van der Waals surface area contributed by atoms with Crippen molar-refractivity contribution in [2.75, 3.05) is 13.1 Å². The quantitative estimate of drug-likeness (QED) is 0.375. The Bertz CT molecular complexity index is 819. The number of amides is 2. The van der Waals surface area contributed by atoms with E-state index < -0.39 is 5.97 Å². The molecule has 1 N–H and O–H groups in total. The maximum Gasteiger partial charge on any atom is 0.266 e. The van der Waals surface area contributed by atoms with Crippen molar-refractivity contribution < 1.29 is 19.5 Å². The van der Waals surface area contributed by atoms with Crippen molar-refractivity contribution in [1.82, 2.24) is 10.2 Å². The maximum absolute atomic E-state index is 12.6. The van der Waals surface area contributed by atoms with E-state index in [2.05, 4.69) is 5.32 Å². The van der Waals surface area contributed by atoms with E-state index in [1.54, 1.807) is 6.08 Å². The highest BCUT2D eigenvalue weighted by Crippen LogP contribution is 2.32. The van der Waals surface area contributed by atoms with Gasteiger partial charge in [-0.25, -0.2) is 0 Å². The van der Waals surface area contributed by atoms with Gasteiger partial charge in [0.05, 0.1) is 4.91 Å². The predicted molar refractivity (Wildman–Crippen MR) is 112 cm³/mol. The molecule has 0 aliphatic carbocycles. The number of rotatable bonds is 9. The van der Waals surface area contributed by atoms with Crippen LogP contribution < -0.4 is 10.4 Å². The van der Waals surface area contributed by atoms with E-state index in [1.807, 2.05) is 43.3 Å². The fraction of sp³-hybridized carbons (Fsp3) is 0.300. The molecule has 0 unspecified atom stereocenters. The molecule has 1 fully saturated rings. The van der Waals surface area contributed by atoms with E-state index >= 15 is 0 Å². The van der Waals surface area contributed by atoms with Gasteiger partial charge in [-0.15, -0.1) is 0 Å². The van der Waals surface area contributed by atoms with Gasteiger partial charge in [0.1, 0.15) is 4.32 Å². The van der Waals surface area contributed by atoms with E-state index in [1.165, 1.54) is 16.7 Å². The third-order valence-corrected chi connectivity index (χ3v) is 5.25. The van der Waals surface area contributed by atoms with Gasteiger partial charge < -0.3 is 15.2 Å². The molecule has 0 saturated carbocycles. The Kier molecular flexibility index (Phi) is 8.41. The SMILES string of the molecule is CC(=C\c1ccccc1)/C=C1/SC(=S)N(CCC(=O)NCCCC(=O)[O-])C1=O. The van der Waals surface area contributed by atoms with E-state index in [4.69, 9.17) is 12.2 Å². The van der Waals surface area contributed by atoms with Crippen LogP contribution >= 0.6 is 24.0 Å². The summed E-state index contributed by atoms with van der Waals surface area (Å²) >= 11 is 6.49. The van der Waals surface area contributed by atoms with Gasteiger partial charge >= 0.3 is 0 Å². The molecule has 2 amide bonds. The Morgan fingerprint density at radius 3 is 2.64 bits per heavy atom. The lowest BCUT2D eigenvalue weighted by Gasteiger charge is -2.14. The Balaban J connectivity index is 1.88. The number of carboxylic acids is 1. The summed E-state index contributed by atoms with van der Waals surface area (Å²) in [5.41, 5.74) is 1.97. The smallest absolute Gasteiger partial charge is 0.266 e. The van der Waals surface area contributed by atoms with Gasteiger partial charge in [-0.05, 0) is 37.0 Å². The van der Waals surface area contributed by atoms with Crippen molar-refractivity contribution in [1.29, 1.82) is 0 Å². The van der Waals surface area contributed by atoms with Crippen LogP contribution in [-0.2, 0) is 14.4 Å². The number of allylic oxidation sites excluding steroid dienone is 2.